The monoisotopic (exact) mass is 391 g/mol. The third-order valence-corrected chi connectivity index (χ3v) is 4.76. The van der Waals surface area contributed by atoms with Crippen LogP contribution in [0, 0.1) is 0 Å². The van der Waals surface area contributed by atoms with Crippen LogP contribution in [0.15, 0.2) is 24.3 Å². The van der Waals surface area contributed by atoms with Gasteiger partial charge in [0.15, 0.2) is 11.5 Å². The molecule has 6 nitrogen and oxygen atoms in total. The highest BCUT2D eigenvalue weighted by atomic mass is 35.5. The van der Waals surface area contributed by atoms with Crippen LogP contribution < -0.4 is 24.3 Å². The number of rotatable bonds is 6. The van der Waals surface area contributed by atoms with E-state index in [-0.39, 0.29) is 18.2 Å². The average Bonchev–Trinajstić information content (AvgIpc) is 2.67. The molecule has 0 fully saturated rings. The topological polar surface area (TPSA) is 66.0 Å². The molecule has 1 aliphatic rings. The Kier molecular flexibility index (Phi) is 5.65. The Hall–Kier alpha value is -2.60. The van der Waals surface area contributed by atoms with Crippen molar-refractivity contribution in [1.29, 1.82) is 0 Å². The van der Waals surface area contributed by atoms with Crippen molar-refractivity contribution in [2.75, 3.05) is 33.3 Å². The molecule has 0 saturated heterocycles. The minimum Gasteiger partial charge on any atom is -0.494 e. The molecule has 2 aromatic rings. The molecular formula is C20H22ClNO5. The fourth-order valence-corrected chi connectivity index (χ4v) is 3.64. The first-order valence-corrected chi connectivity index (χ1v) is 8.96. The molecule has 3 rings (SSSR count). The summed E-state index contributed by atoms with van der Waals surface area (Å²) >= 11 is 6.25. The molecule has 0 aliphatic carbocycles. The van der Waals surface area contributed by atoms with Gasteiger partial charge in [0.25, 0.3) is 0 Å². The summed E-state index contributed by atoms with van der Waals surface area (Å²) in [4.78, 5) is 12.4. The van der Waals surface area contributed by atoms with Crippen LogP contribution in [0.4, 0.5) is 5.69 Å². The van der Waals surface area contributed by atoms with Gasteiger partial charge in [0.05, 0.1) is 33.6 Å². The maximum absolute atomic E-state index is 12.4. The standard InChI is InChI=1S/C20H22ClNO5/c1-5-27-15-7-6-11(21)8-12(15)13-9-17(23)22-14-10-16(24-2)19(25-3)20(26-4)18(13)14/h6-8,10,13H,5,9H2,1-4H3,(H,22,23). The fourth-order valence-electron chi connectivity index (χ4n) is 3.46. The zero-order valence-electron chi connectivity index (χ0n) is 15.7. The van der Waals surface area contributed by atoms with E-state index >= 15 is 0 Å². The second kappa shape index (κ2) is 7.96. The van der Waals surface area contributed by atoms with Gasteiger partial charge >= 0.3 is 0 Å². The van der Waals surface area contributed by atoms with Gasteiger partial charge < -0.3 is 24.3 Å². The summed E-state index contributed by atoms with van der Waals surface area (Å²) < 4.78 is 22.4. The maximum atomic E-state index is 12.4. The van der Waals surface area contributed by atoms with Crippen LogP contribution in [0.1, 0.15) is 30.4 Å². The molecule has 0 saturated carbocycles. The number of fused-ring (bicyclic) bond motifs is 1. The van der Waals surface area contributed by atoms with Gasteiger partial charge in [0.2, 0.25) is 11.7 Å². The normalized spacial score (nSPS) is 15.6. The molecule has 0 spiro atoms. The van der Waals surface area contributed by atoms with Crippen molar-refractivity contribution in [1.82, 2.24) is 0 Å². The van der Waals surface area contributed by atoms with Crippen LogP contribution in [-0.4, -0.2) is 33.8 Å². The minimum absolute atomic E-state index is 0.107. The predicted molar refractivity (Wildman–Crippen MR) is 104 cm³/mol. The minimum atomic E-state index is -0.302. The molecule has 0 bridgehead atoms. The van der Waals surface area contributed by atoms with E-state index in [9.17, 15) is 4.79 Å². The lowest BCUT2D eigenvalue weighted by Crippen LogP contribution is -2.25. The smallest absolute Gasteiger partial charge is 0.225 e. The summed E-state index contributed by atoms with van der Waals surface area (Å²) in [6.07, 6.45) is 0.235. The lowest BCUT2D eigenvalue weighted by Gasteiger charge is -2.30. The molecule has 27 heavy (non-hydrogen) atoms. The Morgan fingerprint density at radius 2 is 1.81 bits per heavy atom. The molecule has 2 aromatic carbocycles. The highest BCUT2D eigenvalue weighted by Crippen LogP contribution is 2.52. The molecule has 7 heteroatoms. The van der Waals surface area contributed by atoms with Gasteiger partial charge in [-0.25, -0.2) is 0 Å². The van der Waals surface area contributed by atoms with Crippen LogP contribution in [0.3, 0.4) is 0 Å². The number of halogens is 1. The summed E-state index contributed by atoms with van der Waals surface area (Å²) in [5.74, 6) is 1.74. The summed E-state index contributed by atoms with van der Waals surface area (Å²) in [5.41, 5.74) is 2.25. The SMILES string of the molecule is CCOc1ccc(Cl)cc1C1CC(=O)Nc2cc(OC)c(OC)c(OC)c21. The van der Waals surface area contributed by atoms with Gasteiger partial charge in [-0.05, 0) is 25.1 Å². The van der Waals surface area contributed by atoms with E-state index in [2.05, 4.69) is 5.32 Å². The van der Waals surface area contributed by atoms with Gasteiger partial charge in [0.1, 0.15) is 5.75 Å². The molecule has 1 unspecified atom stereocenters. The van der Waals surface area contributed by atoms with Crippen molar-refractivity contribution >= 4 is 23.2 Å². The molecule has 0 aromatic heterocycles. The number of ether oxygens (including phenoxy) is 4. The number of amides is 1. The predicted octanol–water partition coefficient (Wildman–Crippen LogP) is 4.24. The van der Waals surface area contributed by atoms with E-state index in [1.54, 1.807) is 26.4 Å². The van der Waals surface area contributed by atoms with E-state index in [0.29, 0.717) is 40.3 Å². The van der Waals surface area contributed by atoms with Crippen molar-refractivity contribution < 1.29 is 23.7 Å². The number of nitrogens with one attached hydrogen (secondary N) is 1. The number of carbonyl (C=O) groups is 1. The van der Waals surface area contributed by atoms with E-state index in [0.717, 1.165) is 11.1 Å². The summed E-state index contributed by atoms with van der Waals surface area (Å²) in [6.45, 7) is 2.41. The Morgan fingerprint density at radius 1 is 1.07 bits per heavy atom. The molecule has 0 radical (unpaired) electrons. The van der Waals surface area contributed by atoms with Gasteiger partial charge in [0, 0.05) is 34.6 Å². The van der Waals surface area contributed by atoms with Gasteiger partial charge in [-0.15, -0.1) is 0 Å². The molecule has 1 amide bonds. The number of hydrogen-bond donors (Lipinski definition) is 1. The van der Waals surface area contributed by atoms with Gasteiger partial charge in [-0.1, -0.05) is 11.6 Å². The van der Waals surface area contributed by atoms with Crippen molar-refractivity contribution in [3.63, 3.8) is 0 Å². The second-order valence-electron chi connectivity index (χ2n) is 6.03. The Morgan fingerprint density at radius 3 is 2.44 bits per heavy atom. The lowest BCUT2D eigenvalue weighted by atomic mass is 9.83. The van der Waals surface area contributed by atoms with Crippen LogP contribution >= 0.6 is 11.6 Å². The quantitative estimate of drug-likeness (QED) is 0.797. The lowest BCUT2D eigenvalue weighted by molar-refractivity contribution is -0.116. The Labute approximate surface area is 163 Å². The molecule has 1 aliphatic heterocycles. The first kappa shape index (κ1) is 19.2. The number of carbonyl (C=O) groups excluding carboxylic acids is 1. The highest BCUT2D eigenvalue weighted by molar-refractivity contribution is 6.30. The van der Waals surface area contributed by atoms with Gasteiger partial charge in [-0.3, -0.25) is 4.79 Å². The van der Waals surface area contributed by atoms with E-state index in [1.807, 2.05) is 19.1 Å². The highest BCUT2D eigenvalue weighted by Gasteiger charge is 2.35. The second-order valence-corrected chi connectivity index (χ2v) is 6.46. The third kappa shape index (κ3) is 3.49. The van der Waals surface area contributed by atoms with E-state index in [1.165, 1.54) is 7.11 Å². The van der Waals surface area contributed by atoms with E-state index in [4.69, 9.17) is 30.5 Å². The van der Waals surface area contributed by atoms with Crippen molar-refractivity contribution in [2.45, 2.75) is 19.3 Å². The number of methoxy groups -OCH3 is 3. The zero-order valence-corrected chi connectivity index (χ0v) is 16.5. The van der Waals surface area contributed by atoms with Crippen LogP contribution in [0.5, 0.6) is 23.0 Å². The Bertz CT molecular complexity index is 868. The molecular weight excluding hydrogens is 370 g/mol. The number of benzene rings is 2. The fraction of sp³-hybridized carbons (Fsp3) is 0.350. The van der Waals surface area contributed by atoms with Gasteiger partial charge in [-0.2, -0.15) is 0 Å². The van der Waals surface area contributed by atoms with Crippen molar-refractivity contribution in [3.05, 3.63) is 40.4 Å². The molecule has 1 N–H and O–H groups in total. The maximum Gasteiger partial charge on any atom is 0.225 e. The third-order valence-electron chi connectivity index (χ3n) is 4.53. The molecule has 144 valence electrons. The largest absolute Gasteiger partial charge is 0.494 e. The van der Waals surface area contributed by atoms with Crippen LogP contribution in [-0.2, 0) is 4.79 Å². The first-order chi connectivity index (χ1) is 13.0. The molecule has 1 atom stereocenters. The zero-order chi connectivity index (χ0) is 19.6. The summed E-state index contributed by atoms with van der Waals surface area (Å²) in [6, 6.07) is 7.16. The average molecular weight is 392 g/mol. The molecule has 1 heterocycles. The van der Waals surface area contributed by atoms with Crippen LogP contribution in [0.2, 0.25) is 5.02 Å². The Balaban J connectivity index is 2.28. The van der Waals surface area contributed by atoms with Crippen LogP contribution in [0.25, 0.3) is 0 Å². The number of hydrogen-bond acceptors (Lipinski definition) is 5. The number of anilines is 1. The summed E-state index contributed by atoms with van der Waals surface area (Å²) in [5, 5.41) is 3.47. The first-order valence-electron chi connectivity index (χ1n) is 8.58. The van der Waals surface area contributed by atoms with Crippen molar-refractivity contribution in [2.24, 2.45) is 0 Å². The van der Waals surface area contributed by atoms with E-state index < -0.39 is 0 Å². The van der Waals surface area contributed by atoms with Crippen molar-refractivity contribution in [3.8, 4) is 23.0 Å². The summed E-state index contributed by atoms with van der Waals surface area (Å²) in [7, 11) is 4.65.